The zero-order chi connectivity index (χ0) is 23.0. The molecule has 2 rings (SSSR count). The lowest BCUT2D eigenvalue weighted by Crippen LogP contribution is -2.61. The van der Waals surface area contributed by atoms with E-state index in [1.165, 1.54) is 6.42 Å². The molecule has 2 fully saturated rings. The summed E-state index contributed by atoms with van der Waals surface area (Å²) in [5, 5.41) is 69.3. The maximum atomic E-state index is 10.2. The largest absolute Gasteiger partial charge is 0.394 e. The Morgan fingerprint density at radius 3 is 1.74 bits per heavy atom. The van der Waals surface area contributed by atoms with Crippen molar-refractivity contribution in [3.63, 3.8) is 0 Å². The van der Waals surface area contributed by atoms with Gasteiger partial charge in [0.2, 0.25) is 0 Å². The van der Waals surface area contributed by atoms with E-state index in [4.69, 9.17) is 18.9 Å². The van der Waals surface area contributed by atoms with Crippen LogP contribution in [0.3, 0.4) is 0 Å². The second kappa shape index (κ2) is 13.3. The summed E-state index contributed by atoms with van der Waals surface area (Å²) in [7, 11) is 0. The molecule has 0 aromatic heterocycles. The molecule has 0 aliphatic carbocycles. The first kappa shape index (κ1) is 26.8. The highest BCUT2D eigenvalue weighted by atomic mass is 16.7. The van der Waals surface area contributed by atoms with E-state index in [0.29, 0.717) is 6.61 Å². The molecule has 2 saturated heterocycles. The summed E-state index contributed by atoms with van der Waals surface area (Å²) in [6.07, 6.45) is -7.70. The number of ether oxygens (including phenoxy) is 4. The minimum atomic E-state index is -1.60. The zero-order valence-electron chi connectivity index (χ0n) is 17.9. The molecular weight excluding hydrogens is 416 g/mol. The summed E-state index contributed by atoms with van der Waals surface area (Å²) >= 11 is 0. The average Bonchev–Trinajstić information content (AvgIpc) is 2.77. The summed E-state index contributed by atoms with van der Waals surface area (Å²) in [6, 6.07) is 0. The van der Waals surface area contributed by atoms with Crippen molar-refractivity contribution < 1.29 is 54.7 Å². The van der Waals surface area contributed by atoms with Crippen LogP contribution in [0.15, 0.2) is 0 Å². The molecule has 31 heavy (non-hydrogen) atoms. The third kappa shape index (κ3) is 7.27. The molecule has 2 heterocycles. The monoisotopic (exact) mass is 454 g/mol. The van der Waals surface area contributed by atoms with Crippen molar-refractivity contribution in [2.24, 2.45) is 0 Å². The minimum Gasteiger partial charge on any atom is -0.394 e. The number of hydrogen-bond donors (Lipinski definition) is 7. The van der Waals surface area contributed by atoms with E-state index >= 15 is 0 Å². The smallest absolute Gasteiger partial charge is 0.186 e. The van der Waals surface area contributed by atoms with Crippen LogP contribution in [0.5, 0.6) is 0 Å². The van der Waals surface area contributed by atoms with Crippen LogP contribution in [-0.4, -0.2) is 117 Å². The van der Waals surface area contributed by atoms with Crippen LogP contribution in [0.2, 0.25) is 0 Å². The zero-order valence-corrected chi connectivity index (χ0v) is 17.9. The van der Waals surface area contributed by atoms with Crippen LogP contribution in [-0.2, 0) is 18.9 Å². The van der Waals surface area contributed by atoms with E-state index in [1.807, 2.05) is 0 Å². The fraction of sp³-hybridized carbons (Fsp3) is 1.00. The first-order valence-corrected chi connectivity index (χ1v) is 11.0. The Morgan fingerprint density at radius 1 is 0.613 bits per heavy atom. The molecule has 7 N–H and O–H groups in total. The maximum absolute atomic E-state index is 10.2. The van der Waals surface area contributed by atoms with Crippen LogP contribution >= 0.6 is 0 Å². The molecule has 0 amide bonds. The quantitative estimate of drug-likeness (QED) is 0.162. The molecule has 2 aliphatic heterocycles. The van der Waals surface area contributed by atoms with E-state index in [1.54, 1.807) is 0 Å². The van der Waals surface area contributed by atoms with E-state index in [2.05, 4.69) is 6.92 Å². The predicted molar refractivity (Wildman–Crippen MR) is 106 cm³/mol. The third-order valence-electron chi connectivity index (χ3n) is 5.72. The molecule has 0 aromatic rings. The lowest BCUT2D eigenvalue weighted by atomic mass is 9.98. The van der Waals surface area contributed by atoms with Gasteiger partial charge in [0.25, 0.3) is 0 Å². The van der Waals surface area contributed by atoms with Crippen LogP contribution < -0.4 is 0 Å². The van der Waals surface area contributed by atoms with Gasteiger partial charge in [0.05, 0.1) is 13.2 Å². The van der Waals surface area contributed by atoms with Gasteiger partial charge in [-0.15, -0.1) is 0 Å². The highest BCUT2D eigenvalue weighted by Gasteiger charge is 2.47. The van der Waals surface area contributed by atoms with Crippen molar-refractivity contribution in [1.82, 2.24) is 0 Å². The molecule has 11 nitrogen and oxygen atoms in total. The molecule has 0 saturated carbocycles. The SMILES string of the molecule is CCCCCCCCO[C@H]1O[C@H](CO[C@H]2O[C@H](CO)[C@H](O)[C@H](O)[C@@H]2O)[C@@H](O)[C@H](O)[C@@H]1O. The Bertz CT molecular complexity index is 494. The number of unbranched alkanes of at least 4 members (excludes halogenated alkanes) is 5. The lowest BCUT2D eigenvalue weighted by molar-refractivity contribution is -0.331. The van der Waals surface area contributed by atoms with Gasteiger partial charge in [-0.2, -0.15) is 0 Å². The van der Waals surface area contributed by atoms with Crippen LogP contribution in [0.1, 0.15) is 45.4 Å². The van der Waals surface area contributed by atoms with Gasteiger partial charge in [-0.05, 0) is 6.42 Å². The van der Waals surface area contributed by atoms with Crippen LogP contribution in [0.4, 0.5) is 0 Å². The average molecular weight is 455 g/mol. The van der Waals surface area contributed by atoms with Crippen molar-refractivity contribution in [3.05, 3.63) is 0 Å². The fourth-order valence-corrected chi connectivity index (χ4v) is 3.67. The van der Waals surface area contributed by atoms with Gasteiger partial charge >= 0.3 is 0 Å². The molecule has 2 aliphatic rings. The molecule has 0 radical (unpaired) electrons. The maximum Gasteiger partial charge on any atom is 0.186 e. The van der Waals surface area contributed by atoms with Crippen molar-refractivity contribution in [2.75, 3.05) is 19.8 Å². The first-order chi connectivity index (χ1) is 14.8. The summed E-state index contributed by atoms with van der Waals surface area (Å²) in [5.41, 5.74) is 0. The predicted octanol–water partition coefficient (Wildman–Crippen LogP) is -2.01. The summed E-state index contributed by atoms with van der Waals surface area (Å²) in [5.74, 6) is 0. The minimum absolute atomic E-state index is 0.316. The highest BCUT2D eigenvalue weighted by Crippen LogP contribution is 2.26. The molecule has 0 spiro atoms. The van der Waals surface area contributed by atoms with Crippen LogP contribution in [0.25, 0.3) is 0 Å². The van der Waals surface area contributed by atoms with E-state index in [9.17, 15) is 35.7 Å². The Morgan fingerprint density at radius 2 is 1.13 bits per heavy atom. The van der Waals surface area contributed by atoms with Gasteiger partial charge < -0.3 is 54.7 Å². The standard InChI is InChI=1S/C20H38O11/c1-2-3-4-5-6-7-8-28-19-17(26)16(25)14(23)12(31-19)10-29-20-18(27)15(24)13(22)11(9-21)30-20/h11-27H,2-10H2,1H3/t11-,12-,13+,14-,15+,16+,17+,18+,19+,20+/m1/s1. The molecule has 0 aromatic carbocycles. The number of aliphatic hydroxyl groups is 7. The normalized spacial score (nSPS) is 41.4. The van der Waals surface area contributed by atoms with E-state index < -0.39 is 68.0 Å². The fourth-order valence-electron chi connectivity index (χ4n) is 3.67. The number of aliphatic hydroxyl groups excluding tert-OH is 7. The lowest BCUT2D eigenvalue weighted by Gasteiger charge is -2.42. The number of hydrogen-bond acceptors (Lipinski definition) is 11. The third-order valence-corrected chi connectivity index (χ3v) is 5.72. The van der Waals surface area contributed by atoms with Crippen molar-refractivity contribution in [3.8, 4) is 0 Å². The Balaban J connectivity index is 1.83. The summed E-state index contributed by atoms with van der Waals surface area (Å²) < 4.78 is 21.7. The van der Waals surface area contributed by atoms with E-state index in [-0.39, 0.29) is 6.61 Å². The second-order valence-electron chi connectivity index (χ2n) is 8.18. The van der Waals surface area contributed by atoms with Gasteiger partial charge in [0.1, 0.15) is 48.8 Å². The van der Waals surface area contributed by atoms with Gasteiger partial charge in [-0.25, -0.2) is 0 Å². The van der Waals surface area contributed by atoms with Crippen LogP contribution in [0, 0.1) is 0 Å². The highest BCUT2D eigenvalue weighted by molar-refractivity contribution is 4.91. The molecule has 11 heteroatoms. The summed E-state index contributed by atoms with van der Waals surface area (Å²) in [4.78, 5) is 0. The first-order valence-electron chi connectivity index (χ1n) is 11.0. The Labute approximate surface area is 182 Å². The molecule has 184 valence electrons. The van der Waals surface area contributed by atoms with Gasteiger partial charge in [0.15, 0.2) is 12.6 Å². The Kier molecular flexibility index (Phi) is 11.5. The van der Waals surface area contributed by atoms with Gasteiger partial charge in [-0.1, -0.05) is 39.0 Å². The molecule has 0 bridgehead atoms. The van der Waals surface area contributed by atoms with Crippen molar-refractivity contribution in [1.29, 1.82) is 0 Å². The Hall–Kier alpha value is -0.440. The topological polar surface area (TPSA) is 179 Å². The van der Waals surface area contributed by atoms with Crippen molar-refractivity contribution >= 4 is 0 Å². The molecular formula is C20H38O11. The van der Waals surface area contributed by atoms with Gasteiger partial charge in [0, 0.05) is 6.61 Å². The summed E-state index contributed by atoms with van der Waals surface area (Å²) in [6.45, 7) is 1.48. The van der Waals surface area contributed by atoms with E-state index in [0.717, 1.165) is 32.1 Å². The van der Waals surface area contributed by atoms with Gasteiger partial charge in [-0.3, -0.25) is 0 Å². The second-order valence-corrected chi connectivity index (χ2v) is 8.18. The number of rotatable bonds is 12. The van der Waals surface area contributed by atoms with Crippen molar-refractivity contribution in [2.45, 2.75) is 107 Å². The molecule has 0 unspecified atom stereocenters. The molecule has 10 atom stereocenters.